The van der Waals surface area contributed by atoms with Crippen LogP contribution >= 0.6 is 0 Å². The third kappa shape index (κ3) is 4.66. The van der Waals surface area contributed by atoms with Gasteiger partial charge in [-0.25, -0.2) is 0 Å². The summed E-state index contributed by atoms with van der Waals surface area (Å²) in [6.45, 7) is 10.2. The molecular formula is C12H21N. The Morgan fingerprint density at radius 1 is 1.31 bits per heavy atom. The third-order valence-electron chi connectivity index (χ3n) is 1.90. The molecule has 0 fully saturated rings. The van der Waals surface area contributed by atoms with E-state index in [9.17, 15) is 0 Å². The first-order valence-electron chi connectivity index (χ1n) is 5.17. The van der Waals surface area contributed by atoms with E-state index >= 15 is 0 Å². The van der Waals surface area contributed by atoms with E-state index in [1.54, 1.807) is 0 Å². The van der Waals surface area contributed by atoms with Gasteiger partial charge >= 0.3 is 0 Å². The number of aliphatic imine (C=N–C) groups is 1. The Morgan fingerprint density at radius 3 is 2.38 bits per heavy atom. The van der Waals surface area contributed by atoms with Gasteiger partial charge in [0.2, 0.25) is 0 Å². The van der Waals surface area contributed by atoms with E-state index in [0.717, 1.165) is 25.7 Å². The van der Waals surface area contributed by atoms with Gasteiger partial charge in [-0.15, -0.1) is 0 Å². The Labute approximate surface area is 82.3 Å². The summed E-state index contributed by atoms with van der Waals surface area (Å²) in [7, 11) is 0. The third-order valence-corrected chi connectivity index (χ3v) is 1.90. The van der Waals surface area contributed by atoms with Gasteiger partial charge in [0.05, 0.1) is 0 Å². The summed E-state index contributed by atoms with van der Waals surface area (Å²) in [6.07, 6.45) is 8.16. The molecule has 13 heavy (non-hydrogen) atoms. The van der Waals surface area contributed by atoms with E-state index in [-0.39, 0.29) is 0 Å². The maximum atomic E-state index is 4.43. The van der Waals surface area contributed by atoms with Gasteiger partial charge in [-0.3, -0.25) is 4.99 Å². The lowest BCUT2D eigenvalue weighted by atomic mass is 10.1. The quantitative estimate of drug-likeness (QED) is 0.429. The molecule has 0 spiro atoms. The van der Waals surface area contributed by atoms with Crippen LogP contribution in [0.4, 0.5) is 0 Å². The van der Waals surface area contributed by atoms with Crippen LogP contribution < -0.4 is 0 Å². The second kappa shape index (κ2) is 7.78. The second-order valence-electron chi connectivity index (χ2n) is 3.00. The summed E-state index contributed by atoms with van der Waals surface area (Å²) < 4.78 is 0. The molecule has 0 N–H and O–H groups in total. The van der Waals surface area contributed by atoms with E-state index in [1.165, 1.54) is 11.3 Å². The van der Waals surface area contributed by atoms with Crippen LogP contribution in [0.25, 0.3) is 0 Å². The predicted molar refractivity (Wildman–Crippen MR) is 61.2 cm³/mol. The van der Waals surface area contributed by atoms with Gasteiger partial charge in [0.25, 0.3) is 0 Å². The number of rotatable bonds is 6. The molecule has 0 unspecified atom stereocenters. The van der Waals surface area contributed by atoms with Gasteiger partial charge in [-0.05, 0) is 24.8 Å². The van der Waals surface area contributed by atoms with Crippen molar-refractivity contribution < 1.29 is 0 Å². The fourth-order valence-electron chi connectivity index (χ4n) is 1.24. The maximum Gasteiger partial charge on any atom is 0.0428 e. The van der Waals surface area contributed by atoms with Crippen LogP contribution in [0.2, 0.25) is 0 Å². The molecule has 0 aliphatic rings. The number of nitrogens with zero attached hydrogens (tertiary/aromatic N) is 1. The molecule has 0 saturated heterocycles. The molecule has 74 valence electrons. The molecule has 0 heterocycles. The highest BCUT2D eigenvalue weighted by molar-refractivity contribution is 5.58. The molecule has 0 atom stereocenters. The van der Waals surface area contributed by atoms with Crippen LogP contribution in [0.1, 0.15) is 46.5 Å². The van der Waals surface area contributed by atoms with Crippen LogP contribution in [0.3, 0.4) is 0 Å². The van der Waals surface area contributed by atoms with Crippen molar-refractivity contribution in [3.8, 4) is 0 Å². The maximum absolute atomic E-state index is 4.43. The Morgan fingerprint density at radius 2 is 2.00 bits per heavy atom. The van der Waals surface area contributed by atoms with Crippen molar-refractivity contribution in [2.75, 3.05) is 0 Å². The van der Waals surface area contributed by atoms with Gasteiger partial charge in [0.1, 0.15) is 0 Å². The van der Waals surface area contributed by atoms with E-state index < -0.39 is 0 Å². The van der Waals surface area contributed by atoms with E-state index in [0.29, 0.717) is 0 Å². The van der Waals surface area contributed by atoms with E-state index in [2.05, 4.69) is 32.3 Å². The van der Waals surface area contributed by atoms with Crippen LogP contribution in [0.15, 0.2) is 28.9 Å². The summed E-state index contributed by atoms with van der Waals surface area (Å²) in [5.74, 6) is 0. The van der Waals surface area contributed by atoms with Crippen molar-refractivity contribution >= 4 is 6.21 Å². The summed E-state index contributed by atoms with van der Waals surface area (Å²) >= 11 is 0. The van der Waals surface area contributed by atoms with Crippen molar-refractivity contribution in [3.63, 3.8) is 0 Å². The van der Waals surface area contributed by atoms with Gasteiger partial charge in [0.15, 0.2) is 0 Å². The molecule has 0 aromatic carbocycles. The molecule has 0 saturated carbocycles. The molecule has 0 amide bonds. The first-order chi connectivity index (χ1) is 6.29. The predicted octanol–water partition coefficient (Wildman–Crippen LogP) is 4.12. The molecule has 1 heteroatoms. The number of allylic oxidation sites excluding steroid dienone is 3. The summed E-state index contributed by atoms with van der Waals surface area (Å²) in [5.41, 5.74) is 2.49. The SMILES string of the molecule is C=C/C(CCC)=C(/CC)N=CCC. The van der Waals surface area contributed by atoms with Crippen LogP contribution in [-0.2, 0) is 0 Å². The second-order valence-corrected chi connectivity index (χ2v) is 3.00. The highest BCUT2D eigenvalue weighted by Gasteiger charge is 1.98. The minimum atomic E-state index is 0.998. The average molecular weight is 179 g/mol. The fraction of sp³-hybridized carbons (Fsp3) is 0.583. The normalized spacial score (nSPS) is 13.2. The Bertz CT molecular complexity index is 199. The molecule has 0 aromatic heterocycles. The Hall–Kier alpha value is -0.850. The molecule has 0 aliphatic carbocycles. The summed E-state index contributed by atoms with van der Waals surface area (Å²) in [4.78, 5) is 4.43. The van der Waals surface area contributed by atoms with Crippen molar-refractivity contribution in [2.45, 2.75) is 46.5 Å². The van der Waals surface area contributed by atoms with Crippen molar-refractivity contribution in [3.05, 3.63) is 23.9 Å². The highest BCUT2D eigenvalue weighted by atomic mass is 14.7. The first-order valence-corrected chi connectivity index (χ1v) is 5.17. The molecule has 0 radical (unpaired) electrons. The summed E-state index contributed by atoms with van der Waals surface area (Å²) in [5, 5.41) is 0. The van der Waals surface area contributed by atoms with Gasteiger partial charge < -0.3 is 0 Å². The lowest BCUT2D eigenvalue weighted by Gasteiger charge is -2.04. The van der Waals surface area contributed by atoms with Gasteiger partial charge in [-0.2, -0.15) is 0 Å². The average Bonchev–Trinajstić information content (AvgIpc) is 2.17. The summed E-state index contributed by atoms with van der Waals surface area (Å²) in [6, 6.07) is 0. The molecular weight excluding hydrogens is 158 g/mol. The Balaban J connectivity index is 4.60. The topological polar surface area (TPSA) is 12.4 Å². The molecule has 0 bridgehead atoms. The van der Waals surface area contributed by atoms with Crippen LogP contribution in [-0.4, -0.2) is 6.21 Å². The monoisotopic (exact) mass is 179 g/mol. The van der Waals surface area contributed by atoms with Crippen LogP contribution in [0.5, 0.6) is 0 Å². The molecule has 0 rings (SSSR count). The zero-order chi connectivity index (χ0) is 10.1. The number of hydrogen-bond donors (Lipinski definition) is 0. The fourth-order valence-corrected chi connectivity index (χ4v) is 1.24. The highest BCUT2D eigenvalue weighted by Crippen LogP contribution is 2.16. The van der Waals surface area contributed by atoms with Gasteiger partial charge in [0, 0.05) is 11.9 Å². The largest absolute Gasteiger partial charge is 0.265 e. The van der Waals surface area contributed by atoms with Gasteiger partial charge in [-0.1, -0.05) is 39.8 Å². The van der Waals surface area contributed by atoms with Crippen molar-refractivity contribution in [1.82, 2.24) is 0 Å². The lowest BCUT2D eigenvalue weighted by Crippen LogP contribution is -1.86. The molecule has 0 aliphatic heterocycles. The Kier molecular flexibility index (Phi) is 7.27. The van der Waals surface area contributed by atoms with Crippen molar-refractivity contribution in [1.29, 1.82) is 0 Å². The van der Waals surface area contributed by atoms with Crippen LogP contribution in [0, 0.1) is 0 Å². The molecule has 1 nitrogen and oxygen atoms in total. The zero-order valence-electron chi connectivity index (χ0n) is 9.14. The number of hydrogen-bond acceptors (Lipinski definition) is 1. The van der Waals surface area contributed by atoms with E-state index in [4.69, 9.17) is 0 Å². The zero-order valence-corrected chi connectivity index (χ0v) is 9.14. The molecule has 0 aromatic rings. The lowest BCUT2D eigenvalue weighted by molar-refractivity contribution is 0.891. The van der Waals surface area contributed by atoms with E-state index in [1.807, 2.05) is 12.3 Å². The standard InChI is InChI=1S/C12H21N/c1-5-9-11(7-3)12(8-4)13-10-6-2/h7,10H,3,5-6,8-9H2,1-2,4H3/b12-11+,13-10?. The minimum absolute atomic E-state index is 0.998. The smallest absolute Gasteiger partial charge is 0.0428 e. The van der Waals surface area contributed by atoms with Crippen molar-refractivity contribution in [2.24, 2.45) is 4.99 Å². The minimum Gasteiger partial charge on any atom is -0.265 e. The first kappa shape index (κ1) is 12.2.